The monoisotopic (exact) mass is 212 g/mol. The minimum Gasteiger partial charge on any atom is -0.456 e. The second kappa shape index (κ2) is 3.97. The van der Waals surface area contributed by atoms with Crippen molar-refractivity contribution in [1.29, 1.82) is 0 Å². The molecule has 0 heterocycles. The third-order valence-electron chi connectivity index (χ3n) is 3.16. The standard InChI is InChI=1S/C12H20O3/c1-7(2)10-6-8(3)11(14)12(10,5)15-9(4)13/h6-7,10-11,14H,1-5H3. The summed E-state index contributed by atoms with van der Waals surface area (Å²) in [4.78, 5) is 11.1. The maximum Gasteiger partial charge on any atom is 0.303 e. The Morgan fingerprint density at radius 3 is 2.53 bits per heavy atom. The largest absolute Gasteiger partial charge is 0.456 e. The number of carbonyl (C=O) groups excluding carboxylic acids is 1. The molecule has 0 saturated carbocycles. The number of carbonyl (C=O) groups is 1. The average molecular weight is 212 g/mol. The van der Waals surface area contributed by atoms with Crippen molar-refractivity contribution >= 4 is 5.97 Å². The lowest BCUT2D eigenvalue weighted by Gasteiger charge is -2.36. The Morgan fingerprint density at radius 2 is 2.13 bits per heavy atom. The number of hydrogen-bond donors (Lipinski definition) is 1. The van der Waals surface area contributed by atoms with Gasteiger partial charge in [0.05, 0.1) is 0 Å². The van der Waals surface area contributed by atoms with Gasteiger partial charge in [-0.25, -0.2) is 0 Å². The summed E-state index contributed by atoms with van der Waals surface area (Å²) in [6.45, 7) is 9.18. The van der Waals surface area contributed by atoms with Crippen LogP contribution in [0, 0.1) is 11.8 Å². The molecule has 0 bridgehead atoms. The Kier molecular flexibility index (Phi) is 3.24. The van der Waals surface area contributed by atoms with E-state index in [0.29, 0.717) is 5.92 Å². The van der Waals surface area contributed by atoms with Crippen molar-refractivity contribution in [1.82, 2.24) is 0 Å². The third-order valence-corrected chi connectivity index (χ3v) is 3.16. The van der Waals surface area contributed by atoms with Crippen molar-refractivity contribution in [2.75, 3.05) is 0 Å². The topological polar surface area (TPSA) is 46.5 Å². The zero-order chi connectivity index (χ0) is 11.8. The molecule has 3 unspecified atom stereocenters. The summed E-state index contributed by atoms with van der Waals surface area (Å²) >= 11 is 0. The first-order valence-electron chi connectivity index (χ1n) is 5.35. The highest BCUT2D eigenvalue weighted by atomic mass is 16.6. The molecule has 3 atom stereocenters. The van der Waals surface area contributed by atoms with Crippen molar-refractivity contribution in [3.05, 3.63) is 11.6 Å². The molecule has 1 N–H and O–H groups in total. The van der Waals surface area contributed by atoms with E-state index in [9.17, 15) is 9.90 Å². The molecule has 15 heavy (non-hydrogen) atoms. The molecule has 1 aliphatic carbocycles. The lowest BCUT2D eigenvalue weighted by atomic mass is 9.82. The maximum absolute atomic E-state index is 11.1. The summed E-state index contributed by atoms with van der Waals surface area (Å²) in [5, 5.41) is 10.0. The van der Waals surface area contributed by atoms with Gasteiger partial charge in [-0.3, -0.25) is 4.79 Å². The molecule has 0 spiro atoms. The van der Waals surface area contributed by atoms with Gasteiger partial charge in [0, 0.05) is 12.8 Å². The Bertz CT molecular complexity index is 293. The van der Waals surface area contributed by atoms with Crippen molar-refractivity contribution in [3.8, 4) is 0 Å². The Labute approximate surface area is 91.1 Å². The normalized spacial score (nSPS) is 35.5. The molecule has 0 fully saturated rings. The van der Waals surface area contributed by atoms with Crippen LogP contribution in [-0.4, -0.2) is 22.8 Å². The van der Waals surface area contributed by atoms with E-state index in [0.717, 1.165) is 5.57 Å². The number of ether oxygens (including phenoxy) is 1. The lowest BCUT2D eigenvalue weighted by Crippen LogP contribution is -2.47. The number of rotatable bonds is 2. The van der Waals surface area contributed by atoms with E-state index in [1.807, 2.05) is 13.0 Å². The Hall–Kier alpha value is -0.830. The molecule has 0 radical (unpaired) electrons. The Morgan fingerprint density at radius 1 is 1.60 bits per heavy atom. The summed E-state index contributed by atoms with van der Waals surface area (Å²) in [6, 6.07) is 0. The SMILES string of the molecule is CC(=O)OC1(C)C(O)C(C)=CC1C(C)C. The quantitative estimate of drug-likeness (QED) is 0.561. The predicted molar refractivity (Wildman–Crippen MR) is 58.3 cm³/mol. The van der Waals surface area contributed by atoms with E-state index in [2.05, 4.69) is 13.8 Å². The second-order valence-electron chi connectivity index (χ2n) is 4.86. The van der Waals surface area contributed by atoms with E-state index in [-0.39, 0.29) is 11.9 Å². The smallest absolute Gasteiger partial charge is 0.303 e. The molecule has 0 aliphatic heterocycles. The molecular weight excluding hydrogens is 192 g/mol. The molecule has 0 amide bonds. The number of aliphatic hydroxyl groups is 1. The predicted octanol–water partition coefficient (Wildman–Crippen LogP) is 1.90. The van der Waals surface area contributed by atoms with Crippen LogP contribution in [0.4, 0.5) is 0 Å². The number of esters is 1. The lowest BCUT2D eigenvalue weighted by molar-refractivity contribution is -0.170. The van der Waals surface area contributed by atoms with Crippen LogP contribution in [0.1, 0.15) is 34.6 Å². The molecule has 0 aromatic heterocycles. The van der Waals surface area contributed by atoms with Crippen molar-refractivity contribution in [3.63, 3.8) is 0 Å². The van der Waals surface area contributed by atoms with E-state index in [1.165, 1.54) is 6.92 Å². The first kappa shape index (κ1) is 12.2. The summed E-state index contributed by atoms with van der Waals surface area (Å²) in [6.07, 6.45) is 1.33. The van der Waals surface area contributed by atoms with Crippen molar-refractivity contribution in [2.24, 2.45) is 11.8 Å². The fraction of sp³-hybridized carbons (Fsp3) is 0.750. The van der Waals surface area contributed by atoms with Crippen molar-refractivity contribution in [2.45, 2.75) is 46.3 Å². The van der Waals surface area contributed by atoms with Crippen LogP contribution in [0.5, 0.6) is 0 Å². The average Bonchev–Trinajstić information content (AvgIpc) is 2.29. The molecule has 86 valence electrons. The minimum absolute atomic E-state index is 0.0800. The third kappa shape index (κ3) is 2.07. The van der Waals surface area contributed by atoms with E-state index in [1.54, 1.807) is 6.92 Å². The molecule has 0 aromatic carbocycles. The van der Waals surface area contributed by atoms with Gasteiger partial charge in [-0.05, 0) is 25.3 Å². The summed E-state index contributed by atoms with van der Waals surface area (Å²) in [7, 11) is 0. The highest BCUT2D eigenvalue weighted by Crippen LogP contribution is 2.41. The van der Waals surface area contributed by atoms with E-state index in [4.69, 9.17) is 4.74 Å². The molecule has 0 saturated heterocycles. The highest BCUT2D eigenvalue weighted by Gasteiger charge is 2.49. The van der Waals surface area contributed by atoms with Crippen LogP contribution in [0.25, 0.3) is 0 Å². The summed E-state index contributed by atoms with van der Waals surface area (Å²) in [5.74, 6) is 0.0724. The summed E-state index contributed by atoms with van der Waals surface area (Å²) < 4.78 is 5.31. The molecule has 3 heteroatoms. The maximum atomic E-state index is 11.1. The fourth-order valence-electron chi connectivity index (χ4n) is 2.46. The first-order chi connectivity index (χ1) is 6.79. The van der Waals surface area contributed by atoms with E-state index < -0.39 is 11.7 Å². The van der Waals surface area contributed by atoms with Gasteiger partial charge in [0.15, 0.2) is 0 Å². The van der Waals surface area contributed by atoms with Crippen LogP contribution < -0.4 is 0 Å². The van der Waals surface area contributed by atoms with Crippen LogP contribution in [0.2, 0.25) is 0 Å². The van der Waals surface area contributed by atoms with Crippen molar-refractivity contribution < 1.29 is 14.6 Å². The van der Waals surface area contributed by atoms with Crippen LogP contribution in [0.3, 0.4) is 0 Å². The van der Waals surface area contributed by atoms with E-state index >= 15 is 0 Å². The fourth-order valence-corrected chi connectivity index (χ4v) is 2.46. The zero-order valence-electron chi connectivity index (χ0n) is 10.1. The van der Waals surface area contributed by atoms with Gasteiger partial charge < -0.3 is 9.84 Å². The van der Waals surface area contributed by atoms with Gasteiger partial charge in [0.1, 0.15) is 11.7 Å². The summed E-state index contributed by atoms with van der Waals surface area (Å²) in [5.41, 5.74) is 0.0850. The first-order valence-corrected chi connectivity index (χ1v) is 5.35. The van der Waals surface area contributed by atoms with Crippen LogP contribution in [0.15, 0.2) is 11.6 Å². The number of hydrogen-bond acceptors (Lipinski definition) is 3. The Balaban J connectivity index is 2.99. The van der Waals surface area contributed by atoms with Gasteiger partial charge in [-0.2, -0.15) is 0 Å². The van der Waals surface area contributed by atoms with Gasteiger partial charge in [-0.15, -0.1) is 0 Å². The highest BCUT2D eigenvalue weighted by molar-refractivity contribution is 5.67. The second-order valence-corrected chi connectivity index (χ2v) is 4.86. The molecular formula is C12H20O3. The van der Waals surface area contributed by atoms with Crippen LogP contribution in [-0.2, 0) is 9.53 Å². The number of aliphatic hydroxyl groups excluding tert-OH is 1. The molecule has 1 aliphatic rings. The minimum atomic E-state index is -0.802. The van der Waals surface area contributed by atoms with Gasteiger partial charge >= 0.3 is 5.97 Å². The molecule has 1 rings (SSSR count). The zero-order valence-corrected chi connectivity index (χ0v) is 10.1. The van der Waals surface area contributed by atoms with Gasteiger partial charge in [-0.1, -0.05) is 19.9 Å². The van der Waals surface area contributed by atoms with Gasteiger partial charge in [0.2, 0.25) is 0 Å². The molecule has 0 aromatic rings. The van der Waals surface area contributed by atoms with Crippen LogP contribution >= 0.6 is 0 Å². The molecule has 3 nitrogen and oxygen atoms in total. The van der Waals surface area contributed by atoms with Gasteiger partial charge in [0.25, 0.3) is 0 Å².